The van der Waals surface area contributed by atoms with Crippen LogP contribution in [-0.4, -0.2) is 37.3 Å². The van der Waals surface area contributed by atoms with Crippen molar-refractivity contribution in [3.8, 4) is 0 Å². The van der Waals surface area contributed by atoms with Crippen LogP contribution in [-0.2, 0) is 11.3 Å². The third-order valence-corrected chi connectivity index (χ3v) is 4.82. The lowest BCUT2D eigenvalue weighted by Crippen LogP contribution is -2.44. The average Bonchev–Trinajstić information content (AvgIpc) is 3.30. The first-order valence-electron chi connectivity index (χ1n) is 7.83. The predicted molar refractivity (Wildman–Crippen MR) is 85.9 cm³/mol. The molecule has 2 aliphatic rings. The van der Waals surface area contributed by atoms with E-state index in [4.69, 9.17) is 16.3 Å². The highest BCUT2D eigenvalue weighted by Gasteiger charge is 2.28. The number of hydrogen-bond donors (Lipinski definition) is 1. The van der Waals surface area contributed by atoms with Crippen LogP contribution in [0.25, 0.3) is 0 Å². The summed E-state index contributed by atoms with van der Waals surface area (Å²) in [5.41, 5.74) is 1.16. The number of methoxy groups -OCH3 is 1. The van der Waals surface area contributed by atoms with Gasteiger partial charge in [-0.15, -0.1) is 0 Å². The van der Waals surface area contributed by atoms with Gasteiger partial charge in [-0.05, 0) is 36.8 Å². The molecule has 0 radical (unpaired) electrons. The molecular formula is C16H24ClN3O. The van der Waals surface area contributed by atoms with Crippen molar-refractivity contribution >= 4 is 17.4 Å². The summed E-state index contributed by atoms with van der Waals surface area (Å²) in [7, 11) is 1.78. The Bertz CT molecular complexity index is 492. The number of pyridine rings is 1. The van der Waals surface area contributed by atoms with Gasteiger partial charge in [-0.1, -0.05) is 18.5 Å². The maximum absolute atomic E-state index is 6.45. The Morgan fingerprint density at radius 3 is 2.90 bits per heavy atom. The molecule has 1 saturated heterocycles. The SMILES string of the molecule is COC1CN(c2ncc(CNC3CC3)cc2Cl)CCC1C. The summed E-state index contributed by atoms with van der Waals surface area (Å²) in [4.78, 5) is 6.84. The zero-order valence-electron chi connectivity index (χ0n) is 12.8. The summed E-state index contributed by atoms with van der Waals surface area (Å²) in [6.45, 7) is 4.96. The number of rotatable bonds is 5. The van der Waals surface area contributed by atoms with Crippen LogP contribution >= 0.6 is 11.6 Å². The summed E-state index contributed by atoms with van der Waals surface area (Å²) in [5, 5.41) is 4.23. The van der Waals surface area contributed by atoms with E-state index in [0.717, 1.165) is 42.5 Å². The third-order valence-electron chi connectivity index (χ3n) is 4.54. The van der Waals surface area contributed by atoms with Crippen LogP contribution in [0.4, 0.5) is 5.82 Å². The monoisotopic (exact) mass is 309 g/mol. The first kappa shape index (κ1) is 15.1. The van der Waals surface area contributed by atoms with Gasteiger partial charge in [0, 0.05) is 39.0 Å². The molecule has 1 aromatic rings. The van der Waals surface area contributed by atoms with E-state index in [1.807, 2.05) is 12.3 Å². The van der Waals surface area contributed by atoms with Gasteiger partial charge >= 0.3 is 0 Å². The highest BCUT2D eigenvalue weighted by molar-refractivity contribution is 6.33. The standard InChI is InChI=1S/C16H24ClN3O/c1-11-5-6-20(10-15(11)21-2)16-14(17)7-12(9-19-16)8-18-13-3-4-13/h7,9,11,13,15,18H,3-6,8,10H2,1-2H3. The normalized spacial score (nSPS) is 26.1. The molecule has 21 heavy (non-hydrogen) atoms. The molecule has 0 spiro atoms. The molecule has 0 bridgehead atoms. The maximum Gasteiger partial charge on any atom is 0.147 e. The number of anilines is 1. The largest absolute Gasteiger partial charge is 0.379 e. The Balaban J connectivity index is 1.66. The van der Waals surface area contributed by atoms with Crippen molar-refractivity contribution in [1.82, 2.24) is 10.3 Å². The smallest absolute Gasteiger partial charge is 0.147 e. The Kier molecular flexibility index (Phi) is 4.67. The highest BCUT2D eigenvalue weighted by atomic mass is 35.5. The molecule has 2 heterocycles. The number of hydrogen-bond acceptors (Lipinski definition) is 4. The molecule has 0 aromatic carbocycles. The number of halogens is 1. The fraction of sp³-hybridized carbons (Fsp3) is 0.688. The third kappa shape index (κ3) is 3.68. The van der Waals surface area contributed by atoms with E-state index in [1.165, 1.54) is 12.8 Å². The van der Waals surface area contributed by atoms with Crippen molar-refractivity contribution in [3.63, 3.8) is 0 Å². The minimum atomic E-state index is 0.257. The van der Waals surface area contributed by atoms with Crippen LogP contribution in [0.15, 0.2) is 12.3 Å². The van der Waals surface area contributed by atoms with Crippen LogP contribution in [0.1, 0.15) is 31.7 Å². The van der Waals surface area contributed by atoms with Gasteiger partial charge in [0.05, 0.1) is 11.1 Å². The van der Waals surface area contributed by atoms with Crippen LogP contribution in [0.2, 0.25) is 5.02 Å². The van der Waals surface area contributed by atoms with Gasteiger partial charge in [0.15, 0.2) is 0 Å². The molecule has 5 heteroatoms. The van der Waals surface area contributed by atoms with E-state index < -0.39 is 0 Å². The molecule has 1 aromatic heterocycles. The van der Waals surface area contributed by atoms with E-state index in [9.17, 15) is 0 Å². The van der Waals surface area contributed by atoms with Gasteiger partial charge in [-0.2, -0.15) is 0 Å². The molecule has 2 unspecified atom stereocenters. The van der Waals surface area contributed by atoms with Crippen LogP contribution in [0.5, 0.6) is 0 Å². The predicted octanol–water partition coefficient (Wildman–Crippen LogP) is 2.85. The second kappa shape index (κ2) is 6.51. The van der Waals surface area contributed by atoms with Gasteiger partial charge in [0.2, 0.25) is 0 Å². The summed E-state index contributed by atoms with van der Waals surface area (Å²) in [6, 6.07) is 2.74. The minimum Gasteiger partial charge on any atom is -0.379 e. The average molecular weight is 310 g/mol. The Labute approximate surface area is 131 Å². The molecule has 3 rings (SSSR count). The molecule has 1 saturated carbocycles. The van der Waals surface area contributed by atoms with Crippen molar-refractivity contribution in [3.05, 3.63) is 22.8 Å². The molecule has 1 aliphatic heterocycles. The zero-order valence-corrected chi connectivity index (χ0v) is 13.6. The second-order valence-corrected chi connectivity index (χ2v) is 6.70. The van der Waals surface area contributed by atoms with Gasteiger partial charge in [-0.3, -0.25) is 0 Å². The van der Waals surface area contributed by atoms with E-state index >= 15 is 0 Å². The topological polar surface area (TPSA) is 37.4 Å². The summed E-state index contributed by atoms with van der Waals surface area (Å²) >= 11 is 6.45. The number of piperidine rings is 1. The number of aromatic nitrogens is 1. The molecule has 2 fully saturated rings. The van der Waals surface area contributed by atoms with E-state index in [-0.39, 0.29) is 6.10 Å². The van der Waals surface area contributed by atoms with Gasteiger partial charge in [0.1, 0.15) is 5.82 Å². The number of nitrogens with zero attached hydrogens (tertiary/aromatic N) is 2. The van der Waals surface area contributed by atoms with Gasteiger partial charge in [0.25, 0.3) is 0 Å². The van der Waals surface area contributed by atoms with E-state index in [2.05, 4.69) is 22.1 Å². The highest BCUT2D eigenvalue weighted by Crippen LogP contribution is 2.29. The fourth-order valence-electron chi connectivity index (χ4n) is 2.88. The summed E-state index contributed by atoms with van der Waals surface area (Å²) < 4.78 is 5.57. The Hall–Kier alpha value is -0.840. The Morgan fingerprint density at radius 2 is 2.24 bits per heavy atom. The lowest BCUT2D eigenvalue weighted by Gasteiger charge is -2.37. The fourth-order valence-corrected chi connectivity index (χ4v) is 3.19. The first-order chi connectivity index (χ1) is 10.2. The molecular weight excluding hydrogens is 286 g/mol. The number of ether oxygens (including phenoxy) is 1. The van der Waals surface area contributed by atoms with Crippen molar-refractivity contribution in [2.24, 2.45) is 5.92 Å². The quantitative estimate of drug-likeness (QED) is 0.907. The maximum atomic E-state index is 6.45. The molecule has 4 nitrogen and oxygen atoms in total. The summed E-state index contributed by atoms with van der Waals surface area (Å²) in [5.74, 6) is 1.48. The zero-order chi connectivity index (χ0) is 14.8. The Morgan fingerprint density at radius 1 is 1.43 bits per heavy atom. The molecule has 1 N–H and O–H groups in total. The van der Waals surface area contributed by atoms with Crippen LogP contribution in [0, 0.1) is 5.92 Å². The van der Waals surface area contributed by atoms with Crippen molar-refractivity contribution in [2.45, 2.75) is 44.9 Å². The van der Waals surface area contributed by atoms with Crippen LogP contribution < -0.4 is 10.2 Å². The van der Waals surface area contributed by atoms with Gasteiger partial charge in [-0.25, -0.2) is 4.98 Å². The van der Waals surface area contributed by atoms with Crippen molar-refractivity contribution < 1.29 is 4.74 Å². The van der Waals surface area contributed by atoms with Gasteiger partial charge < -0.3 is 15.0 Å². The number of nitrogens with one attached hydrogen (secondary N) is 1. The molecule has 2 atom stereocenters. The second-order valence-electron chi connectivity index (χ2n) is 6.29. The minimum absolute atomic E-state index is 0.257. The van der Waals surface area contributed by atoms with Crippen molar-refractivity contribution in [2.75, 3.05) is 25.1 Å². The van der Waals surface area contributed by atoms with Crippen LogP contribution in [0.3, 0.4) is 0 Å². The lowest BCUT2D eigenvalue weighted by molar-refractivity contribution is 0.0496. The molecule has 0 amide bonds. The lowest BCUT2D eigenvalue weighted by atomic mass is 9.96. The van der Waals surface area contributed by atoms with E-state index in [1.54, 1.807) is 7.11 Å². The molecule has 116 valence electrons. The first-order valence-corrected chi connectivity index (χ1v) is 8.20. The van der Waals surface area contributed by atoms with Crippen molar-refractivity contribution in [1.29, 1.82) is 0 Å². The summed E-state index contributed by atoms with van der Waals surface area (Å²) in [6.07, 6.45) is 5.90. The molecule has 1 aliphatic carbocycles. The van der Waals surface area contributed by atoms with E-state index in [0.29, 0.717) is 12.0 Å².